The third-order valence-electron chi connectivity index (χ3n) is 3.09. The van der Waals surface area contributed by atoms with Crippen molar-refractivity contribution in [1.29, 1.82) is 5.26 Å². The van der Waals surface area contributed by atoms with Gasteiger partial charge in [0, 0.05) is 5.69 Å². The number of anilines is 1. The number of carboxylic acids is 1. The number of benzene rings is 1. The summed E-state index contributed by atoms with van der Waals surface area (Å²) in [6, 6.07) is 6.76. The first-order valence-corrected chi connectivity index (χ1v) is 6.08. The third kappa shape index (κ3) is 2.74. The molecule has 0 radical (unpaired) electrons. The van der Waals surface area contributed by atoms with Crippen LogP contribution in [-0.2, 0) is 4.79 Å². The van der Waals surface area contributed by atoms with E-state index in [0.717, 1.165) is 0 Å². The van der Waals surface area contributed by atoms with E-state index in [-0.39, 0.29) is 0 Å². The van der Waals surface area contributed by atoms with Crippen molar-refractivity contribution < 1.29 is 9.90 Å². The molecule has 0 aliphatic carbocycles. The molecule has 4 nitrogen and oxygen atoms in total. The van der Waals surface area contributed by atoms with E-state index in [2.05, 4.69) is 5.32 Å². The second-order valence-electron chi connectivity index (χ2n) is 4.03. The van der Waals surface area contributed by atoms with Crippen molar-refractivity contribution in [1.82, 2.24) is 0 Å². The van der Waals surface area contributed by atoms with Crippen LogP contribution in [0.15, 0.2) is 18.2 Å². The average Bonchev–Trinajstić information content (AvgIpc) is 2.36. The highest BCUT2D eigenvalue weighted by atomic mass is 35.5. The zero-order valence-corrected chi connectivity index (χ0v) is 11.1. The van der Waals surface area contributed by atoms with Crippen molar-refractivity contribution in [3.05, 3.63) is 28.8 Å². The van der Waals surface area contributed by atoms with Gasteiger partial charge in [-0.15, -0.1) is 0 Å². The van der Waals surface area contributed by atoms with Crippen LogP contribution in [0.5, 0.6) is 0 Å². The van der Waals surface area contributed by atoms with Crippen LogP contribution in [0.25, 0.3) is 0 Å². The fraction of sp³-hybridized carbons (Fsp3) is 0.385. The van der Waals surface area contributed by atoms with E-state index in [1.807, 2.05) is 19.9 Å². The van der Waals surface area contributed by atoms with E-state index in [1.165, 1.54) is 0 Å². The van der Waals surface area contributed by atoms with E-state index >= 15 is 0 Å². The molecular formula is C13H15ClN2O2. The van der Waals surface area contributed by atoms with Gasteiger partial charge in [-0.25, -0.2) is 4.79 Å². The van der Waals surface area contributed by atoms with Crippen LogP contribution in [0.2, 0.25) is 5.02 Å². The molecule has 0 atom stereocenters. The van der Waals surface area contributed by atoms with Crippen LogP contribution in [0.1, 0.15) is 32.3 Å². The molecule has 2 N–H and O–H groups in total. The third-order valence-corrected chi connectivity index (χ3v) is 3.40. The molecular weight excluding hydrogens is 252 g/mol. The lowest BCUT2D eigenvalue weighted by Gasteiger charge is -2.29. The zero-order valence-electron chi connectivity index (χ0n) is 10.3. The Morgan fingerprint density at radius 2 is 2.11 bits per heavy atom. The lowest BCUT2D eigenvalue weighted by molar-refractivity contribution is -0.142. The summed E-state index contributed by atoms with van der Waals surface area (Å²) < 4.78 is 0. The average molecular weight is 267 g/mol. The lowest BCUT2D eigenvalue weighted by atomic mass is 9.92. The molecule has 1 aromatic rings. The van der Waals surface area contributed by atoms with Gasteiger partial charge in [-0.1, -0.05) is 25.4 Å². The molecule has 0 spiro atoms. The van der Waals surface area contributed by atoms with Crippen LogP contribution in [0, 0.1) is 11.3 Å². The highest BCUT2D eigenvalue weighted by molar-refractivity contribution is 6.32. The van der Waals surface area contributed by atoms with Gasteiger partial charge in [0.15, 0.2) is 0 Å². The summed E-state index contributed by atoms with van der Waals surface area (Å²) in [6.07, 6.45) is 0.910. The first-order chi connectivity index (χ1) is 8.49. The number of nitrogens with zero attached hydrogens (tertiary/aromatic N) is 1. The Morgan fingerprint density at radius 1 is 1.50 bits per heavy atom. The summed E-state index contributed by atoms with van der Waals surface area (Å²) in [5, 5.41) is 21.4. The number of aliphatic carboxylic acids is 1. The van der Waals surface area contributed by atoms with Crippen molar-refractivity contribution >= 4 is 23.3 Å². The van der Waals surface area contributed by atoms with Crippen molar-refractivity contribution in [2.45, 2.75) is 32.2 Å². The Kier molecular flexibility index (Phi) is 4.57. The number of carbonyl (C=O) groups is 1. The Hall–Kier alpha value is -1.73. The fourth-order valence-electron chi connectivity index (χ4n) is 1.74. The van der Waals surface area contributed by atoms with Gasteiger partial charge in [0.2, 0.25) is 0 Å². The quantitative estimate of drug-likeness (QED) is 0.858. The number of halogens is 1. The minimum atomic E-state index is -1.00. The maximum Gasteiger partial charge on any atom is 0.329 e. The number of hydrogen-bond acceptors (Lipinski definition) is 3. The summed E-state index contributed by atoms with van der Waals surface area (Å²) in [7, 11) is 0. The van der Waals surface area contributed by atoms with Crippen molar-refractivity contribution in [2.24, 2.45) is 0 Å². The Bertz CT molecular complexity index is 490. The largest absolute Gasteiger partial charge is 0.480 e. The van der Waals surface area contributed by atoms with Gasteiger partial charge in [-0.05, 0) is 31.0 Å². The van der Waals surface area contributed by atoms with Gasteiger partial charge in [0.1, 0.15) is 11.6 Å². The molecule has 0 saturated heterocycles. The number of nitrogens with one attached hydrogen (secondary N) is 1. The van der Waals surface area contributed by atoms with E-state index in [1.54, 1.807) is 18.2 Å². The normalized spacial score (nSPS) is 10.8. The summed E-state index contributed by atoms with van der Waals surface area (Å²) in [5.74, 6) is -0.895. The molecule has 0 amide bonds. The topological polar surface area (TPSA) is 73.1 Å². The minimum absolute atomic E-state index is 0.314. The van der Waals surface area contributed by atoms with E-state index < -0.39 is 11.5 Å². The second kappa shape index (κ2) is 5.74. The van der Waals surface area contributed by atoms with Gasteiger partial charge >= 0.3 is 5.97 Å². The molecule has 0 bridgehead atoms. The summed E-state index contributed by atoms with van der Waals surface area (Å²) in [5.41, 5.74) is -0.0291. The predicted octanol–water partition coefficient (Wildman–Crippen LogP) is 3.27. The lowest BCUT2D eigenvalue weighted by Crippen LogP contribution is -2.45. The summed E-state index contributed by atoms with van der Waals surface area (Å²) in [4.78, 5) is 11.3. The number of rotatable bonds is 5. The van der Waals surface area contributed by atoms with E-state index in [0.29, 0.717) is 29.1 Å². The van der Waals surface area contributed by atoms with Crippen LogP contribution in [0.3, 0.4) is 0 Å². The fourth-order valence-corrected chi connectivity index (χ4v) is 1.97. The maximum absolute atomic E-state index is 11.3. The van der Waals surface area contributed by atoms with E-state index in [9.17, 15) is 9.90 Å². The molecule has 0 aliphatic rings. The minimum Gasteiger partial charge on any atom is -0.480 e. The Balaban J connectivity index is 3.06. The van der Waals surface area contributed by atoms with Crippen molar-refractivity contribution in [3.63, 3.8) is 0 Å². The van der Waals surface area contributed by atoms with Gasteiger partial charge < -0.3 is 10.4 Å². The first kappa shape index (κ1) is 14.3. The molecule has 0 aliphatic heterocycles. The highest BCUT2D eigenvalue weighted by Gasteiger charge is 2.34. The standard InChI is InChI=1S/C13H15ClN2O2/c1-3-13(4-2,12(17)18)16-10-6-5-9(8-15)11(14)7-10/h5-7,16H,3-4H2,1-2H3,(H,17,18). The number of nitriles is 1. The van der Waals surface area contributed by atoms with Crippen LogP contribution < -0.4 is 5.32 Å². The molecule has 1 aromatic carbocycles. The van der Waals surface area contributed by atoms with Crippen molar-refractivity contribution in [3.8, 4) is 6.07 Å². The number of hydrogen-bond donors (Lipinski definition) is 2. The number of carboxylic acid groups (broad SMARTS) is 1. The van der Waals surface area contributed by atoms with Crippen LogP contribution in [0.4, 0.5) is 5.69 Å². The molecule has 18 heavy (non-hydrogen) atoms. The first-order valence-electron chi connectivity index (χ1n) is 5.70. The zero-order chi connectivity index (χ0) is 13.8. The molecule has 1 rings (SSSR count). The molecule has 5 heteroatoms. The highest BCUT2D eigenvalue weighted by Crippen LogP contribution is 2.26. The monoisotopic (exact) mass is 266 g/mol. The van der Waals surface area contributed by atoms with Crippen LogP contribution in [-0.4, -0.2) is 16.6 Å². The molecule has 0 unspecified atom stereocenters. The molecule has 96 valence electrons. The van der Waals surface area contributed by atoms with Gasteiger partial charge in [-0.2, -0.15) is 5.26 Å². The Morgan fingerprint density at radius 3 is 2.50 bits per heavy atom. The molecule has 0 heterocycles. The summed E-state index contributed by atoms with van der Waals surface area (Å²) >= 11 is 5.91. The van der Waals surface area contributed by atoms with Gasteiger partial charge in [-0.3, -0.25) is 0 Å². The summed E-state index contributed by atoms with van der Waals surface area (Å²) in [6.45, 7) is 3.63. The van der Waals surface area contributed by atoms with Gasteiger partial charge in [0.05, 0.1) is 10.6 Å². The SMILES string of the molecule is CCC(CC)(Nc1ccc(C#N)c(Cl)c1)C(=O)O. The second-order valence-corrected chi connectivity index (χ2v) is 4.43. The smallest absolute Gasteiger partial charge is 0.329 e. The molecule has 0 saturated carbocycles. The molecule has 0 aromatic heterocycles. The molecule has 0 fully saturated rings. The van der Waals surface area contributed by atoms with Crippen molar-refractivity contribution in [2.75, 3.05) is 5.32 Å². The predicted molar refractivity (Wildman–Crippen MR) is 70.7 cm³/mol. The maximum atomic E-state index is 11.3. The Labute approximate surface area is 111 Å². The van der Waals surface area contributed by atoms with Crippen LogP contribution >= 0.6 is 11.6 Å². The van der Waals surface area contributed by atoms with E-state index in [4.69, 9.17) is 16.9 Å². The van der Waals surface area contributed by atoms with Gasteiger partial charge in [0.25, 0.3) is 0 Å².